The molecule has 4 N–H and O–H groups in total. The van der Waals surface area contributed by atoms with Crippen LogP contribution in [0.2, 0.25) is 0 Å². The van der Waals surface area contributed by atoms with Crippen LogP contribution in [0.5, 0.6) is 0 Å². The van der Waals surface area contributed by atoms with Crippen molar-refractivity contribution in [2.24, 2.45) is 0 Å². The summed E-state index contributed by atoms with van der Waals surface area (Å²) >= 11 is 0. The average Bonchev–Trinajstić information content (AvgIpc) is 2.03. The fraction of sp³-hybridized carbons (Fsp3) is 0. The summed E-state index contributed by atoms with van der Waals surface area (Å²) in [6.45, 7) is -3.53. The molecule has 6 heteroatoms. The molecule has 0 fully saturated rings. The normalized spacial score (nSPS) is 11.3. The molecule has 0 spiro atoms. The van der Waals surface area contributed by atoms with Crippen LogP contribution in [0.1, 0.15) is 10.4 Å². The second kappa shape index (κ2) is 3.17. The quantitative estimate of drug-likeness (QED) is 0.418. The van der Waals surface area contributed by atoms with Crippen LogP contribution in [0.3, 0.4) is 0 Å². The van der Waals surface area contributed by atoms with E-state index < -0.39 is 12.7 Å². The van der Waals surface area contributed by atoms with Crippen LogP contribution >= 0.6 is 0 Å². The third kappa shape index (κ3) is 2.28. The number of aromatic carboxylic acids is 1. The first-order valence-electron chi connectivity index (χ1n) is 3.56. The van der Waals surface area contributed by atoms with Crippen LogP contribution in [-0.2, 0) is 0 Å². The van der Waals surface area contributed by atoms with Crippen LogP contribution in [-0.4, -0.2) is 32.9 Å². The van der Waals surface area contributed by atoms with Crippen LogP contribution in [0, 0.1) is 0 Å². The minimum atomic E-state index is -3.53. The summed E-state index contributed by atoms with van der Waals surface area (Å²) in [7, 11) is 0. The number of rotatable bonds is 2. The lowest BCUT2D eigenvalue weighted by atomic mass is 9.71. The highest BCUT2D eigenvalue weighted by molar-refractivity contribution is 6.71. The maximum absolute atomic E-state index is 10.4. The van der Waals surface area contributed by atoms with Gasteiger partial charge in [0.25, 0.3) is 0 Å². The van der Waals surface area contributed by atoms with E-state index in [-0.39, 0.29) is 11.0 Å². The van der Waals surface area contributed by atoms with Crippen molar-refractivity contribution in [3.63, 3.8) is 0 Å². The highest BCUT2D eigenvalue weighted by atomic mass is 16.5. The lowest BCUT2D eigenvalue weighted by Gasteiger charge is -2.20. The van der Waals surface area contributed by atoms with Crippen LogP contribution in [0.4, 0.5) is 0 Å². The van der Waals surface area contributed by atoms with E-state index >= 15 is 0 Å². The van der Waals surface area contributed by atoms with Crippen molar-refractivity contribution in [1.82, 2.24) is 0 Å². The number of carbonyl (C=O) groups is 1. The number of carboxylic acid groups (broad SMARTS) is 1. The molecule has 0 saturated carbocycles. The number of hydrogen-bond acceptors (Lipinski definition) is 4. The molecular weight excluding hydrogens is 175 g/mol. The van der Waals surface area contributed by atoms with Crippen LogP contribution < -0.4 is 5.46 Å². The Morgan fingerprint density at radius 1 is 1.08 bits per heavy atom. The molecule has 0 atom stereocenters. The zero-order valence-electron chi connectivity index (χ0n) is 6.58. The zero-order valence-corrected chi connectivity index (χ0v) is 6.58. The smallest absolute Gasteiger partial charge is 0.402 e. The van der Waals surface area contributed by atoms with Crippen molar-refractivity contribution >= 4 is 18.2 Å². The van der Waals surface area contributed by atoms with Crippen molar-refractivity contribution in [3.8, 4) is 0 Å². The number of hydrogen-bond donors (Lipinski definition) is 4. The van der Waals surface area contributed by atoms with Crippen LogP contribution in [0.25, 0.3) is 0 Å². The van der Waals surface area contributed by atoms with E-state index in [2.05, 4.69) is 0 Å². The van der Waals surface area contributed by atoms with Gasteiger partial charge in [0.05, 0.1) is 5.56 Å². The Morgan fingerprint density at radius 2 is 1.54 bits per heavy atom. The minimum absolute atomic E-state index is 0.0174. The Hall–Kier alpha value is -1.37. The number of benzene rings is 1. The first kappa shape index (κ1) is 9.72. The van der Waals surface area contributed by atoms with Crippen molar-refractivity contribution < 1.29 is 25.0 Å². The summed E-state index contributed by atoms with van der Waals surface area (Å²) in [5.74, 6) is -1.11. The van der Waals surface area contributed by atoms with E-state index in [1.165, 1.54) is 12.1 Å². The molecule has 1 aromatic carbocycles. The molecule has 0 aromatic heterocycles. The summed E-state index contributed by atoms with van der Waals surface area (Å²) in [4.78, 5) is 10.4. The number of carboxylic acids is 1. The largest absolute Gasteiger partial charge is 0.556 e. The van der Waals surface area contributed by atoms with E-state index in [1.807, 2.05) is 0 Å². The Kier molecular flexibility index (Phi) is 2.37. The monoisotopic (exact) mass is 183 g/mol. The lowest BCUT2D eigenvalue weighted by Crippen LogP contribution is -2.48. The molecule has 0 radical (unpaired) electrons. The van der Waals surface area contributed by atoms with Crippen molar-refractivity contribution in [2.45, 2.75) is 0 Å². The molecule has 70 valence electrons. The van der Waals surface area contributed by atoms with E-state index in [0.29, 0.717) is 0 Å². The van der Waals surface area contributed by atoms with Gasteiger partial charge in [-0.25, -0.2) is 4.79 Å². The van der Waals surface area contributed by atoms with Gasteiger partial charge in [-0.2, -0.15) is 0 Å². The van der Waals surface area contributed by atoms with Gasteiger partial charge in [0, 0.05) is 0 Å². The first-order valence-corrected chi connectivity index (χ1v) is 3.56. The fourth-order valence-electron chi connectivity index (χ4n) is 0.884. The third-order valence-electron chi connectivity index (χ3n) is 1.60. The summed E-state index contributed by atoms with van der Waals surface area (Å²) in [6, 6.07) is 4.64. The van der Waals surface area contributed by atoms with Gasteiger partial charge in [0.15, 0.2) is 0 Å². The molecular formula is C7H8BO5-. The summed E-state index contributed by atoms with van der Waals surface area (Å²) in [5, 5.41) is 34.7. The van der Waals surface area contributed by atoms with E-state index in [4.69, 9.17) is 20.2 Å². The van der Waals surface area contributed by atoms with E-state index in [1.54, 1.807) is 0 Å². The molecule has 13 heavy (non-hydrogen) atoms. The molecule has 0 saturated heterocycles. The van der Waals surface area contributed by atoms with E-state index in [0.717, 1.165) is 12.1 Å². The van der Waals surface area contributed by atoms with Crippen molar-refractivity contribution in [3.05, 3.63) is 29.8 Å². The molecule has 0 heterocycles. The summed E-state index contributed by atoms with van der Waals surface area (Å²) in [6.07, 6.45) is 0. The van der Waals surface area contributed by atoms with Gasteiger partial charge in [0.1, 0.15) is 0 Å². The Balaban J connectivity index is 3.01. The summed E-state index contributed by atoms with van der Waals surface area (Å²) in [5.41, 5.74) is -0.103. The predicted octanol–water partition coefficient (Wildman–Crippen LogP) is -1.49. The van der Waals surface area contributed by atoms with Crippen molar-refractivity contribution in [2.75, 3.05) is 0 Å². The molecule has 1 rings (SSSR count). The molecule has 5 nitrogen and oxygen atoms in total. The minimum Gasteiger partial charge on any atom is -0.556 e. The van der Waals surface area contributed by atoms with Gasteiger partial charge in [0.2, 0.25) is 0 Å². The maximum atomic E-state index is 10.4. The zero-order chi connectivity index (χ0) is 10.1. The second-order valence-electron chi connectivity index (χ2n) is 2.66. The third-order valence-corrected chi connectivity index (χ3v) is 1.60. The maximum Gasteiger partial charge on any atom is 0.402 e. The first-order chi connectivity index (χ1) is 5.91. The second-order valence-corrected chi connectivity index (χ2v) is 2.66. The van der Waals surface area contributed by atoms with Gasteiger partial charge in [-0.1, -0.05) is 24.3 Å². The molecule has 0 aliphatic carbocycles. The highest BCUT2D eigenvalue weighted by Crippen LogP contribution is 1.98. The van der Waals surface area contributed by atoms with Gasteiger partial charge < -0.3 is 20.2 Å². The van der Waals surface area contributed by atoms with Gasteiger partial charge >= 0.3 is 12.7 Å². The molecule has 1 aromatic rings. The highest BCUT2D eigenvalue weighted by Gasteiger charge is 2.17. The van der Waals surface area contributed by atoms with E-state index in [9.17, 15) is 4.79 Å². The Labute approximate surface area is 73.9 Å². The molecule has 0 aliphatic rings. The van der Waals surface area contributed by atoms with Gasteiger partial charge in [-0.15, -0.1) is 5.46 Å². The fourth-order valence-corrected chi connectivity index (χ4v) is 0.884. The average molecular weight is 183 g/mol. The van der Waals surface area contributed by atoms with Crippen LogP contribution in [0.15, 0.2) is 24.3 Å². The van der Waals surface area contributed by atoms with Gasteiger partial charge in [-0.3, -0.25) is 0 Å². The standard InChI is InChI=1S/C7H8BO5/c9-7(10)5-1-3-6(4-2-5)8(11,12)13/h1-4,11-13H,(H,9,10)/q-1. The Morgan fingerprint density at radius 3 is 1.85 bits per heavy atom. The predicted molar refractivity (Wildman–Crippen MR) is 45.4 cm³/mol. The molecule has 0 aliphatic heterocycles. The Bertz CT molecular complexity index is 313. The molecule has 0 amide bonds. The lowest BCUT2D eigenvalue weighted by molar-refractivity contribution is 0.0696. The van der Waals surface area contributed by atoms with Gasteiger partial charge in [-0.05, 0) is 0 Å². The summed E-state index contributed by atoms with van der Waals surface area (Å²) < 4.78 is 0. The topological polar surface area (TPSA) is 98.0 Å². The molecule has 0 unspecified atom stereocenters. The SMILES string of the molecule is O=C(O)c1ccc([B-](O)(O)O)cc1. The van der Waals surface area contributed by atoms with Crippen molar-refractivity contribution in [1.29, 1.82) is 0 Å². The molecule has 0 bridgehead atoms.